The lowest BCUT2D eigenvalue weighted by Crippen LogP contribution is -2.47. The lowest BCUT2D eigenvalue weighted by molar-refractivity contribution is 0.0455. The van der Waals surface area contributed by atoms with E-state index in [4.69, 9.17) is 10.6 Å². The molecule has 1 saturated heterocycles. The Kier molecular flexibility index (Phi) is 3.88. The predicted molar refractivity (Wildman–Crippen MR) is 65.7 cm³/mol. The van der Waals surface area contributed by atoms with Crippen molar-refractivity contribution in [1.29, 1.82) is 0 Å². The van der Waals surface area contributed by atoms with Gasteiger partial charge in [-0.1, -0.05) is 26.2 Å². The molecular formula is C13H26N2O. The second-order valence-electron chi connectivity index (χ2n) is 5.79. The van der Waals surface area contributed by atoms with Gasteiger partial charge in [0, 0.05) is 12.0 Å². The summed E-state index contributed by atoms with van der Waals surface area (Å²) >= 11 is 0. The Morgan fingerprint density at radius 1 is 1.25 bits per heavy atom. The summed E-state index contributed by atoms with van der Waals surface area (Å²) in [6.45, 7) is 6.66. The quantitative estimate of drug-likeness (QED) is 0.570. The van der Waals surface area contributed by atoms with Crippen molar-refractivity contribution >= 4 is 0 Å². The molecule has 2 aliphatic rings. The normalized spacial score (nSPS) is 42.0. The molecule has 0 radical (unpaired) electrons. The second-order valence-corrected chi connectivity index (χ2v) is 5.79. The fourth-order valence-corrected chi connectivity index (χ4v) is 3.41. The van der Waals surface area contributed by atoms with E-state index in [0.717, 1.165) is 5.92 Å². The number of hydrogen-bond donors (Lipinski definition) is 2. The van der Waals surface area contributed by atoms with Crippen LogP contribution in [0.5, 0.6) is 0 Å². The molecule has 2 fully saturated rings. The van der Waals surface area contributed by atoms with Crippen molar-refractivity contribution in [3.63, 3.8) is 0 Å². The summed E-state index contributed by atoms with van der Waals surface area (Å²) in [6, 6.07) is 0.431. The van der Waals surface area contributed by atoms with Crippen molar-refractivity contribution in [2.24, 2.45) is 23.6 Å². The van der Waals surface area contributed by atoms with Gasteiger partial charge in [0.2, 0.25) is 0 Å². The fourth-order valence-electron chi connectivity index (χ4n) is 3.41. The Labute approximate surface area is 99.1 Å². The van der Waals surface area contributed by atoms with E-state index in [9.17, 15) is 0 Å². The van der Waals surface area contributed by atoms with E-state index in [1.165, 1.54) is 25.7 Å². The van der Waals surface area contributed by atoms with Gasteiger partial charge in [-0.2, -0.15) is 0 Å². The van der Waals surface area contributed by atoms with Gasteiger partial charge in [-0.05, 0) is 32.1 Å². The van der Waals surface area contributed by atoms with Crippen LogP contribution in [0.2, 0.25) is 0 Å². The molecule has 3 nitrogen and oxygen atoms in total. The van der Waals surface area contributed by atoms with E-state index in [1.54, 1.807) is 0 Å². The maximum Gasteiger partial charge on any atom is 0.0597 e. The number of nitrogens with one attached hydrogen (secondary N) is 1. The van der Waals surface area contributed by atoms with Crippen LogP contribution in [-0.4, -0.2) is 18.2 Å². The molecule has 1 aliphatic carbocycles. The van der Waals surface area contributed by atoms with Gasteiger partial charge in [-0.25, -0.2) is 0 Å². The average Bonchev–Trinajstić information content (AvgIpc) is 2.42. The number of ether oxygens (including phenoxy) is 1. The van der Waals surface area contributed by atoms with Crippen molar-refractivity contribution in [2.45, 2.75) is 64.7 Å². The molecule has 0 aromatic heterocycles. The van der Waals surface area contributed by atoms with E-state index in [-0.39, 0.29) is 0 Å². The highest BCUT2D eigenvalue weighted by molar-refractivity contribution is 4.92. The SMILES string of the molecule is CC1OC(C)C(C(CC2CCC2)NN)C1C. The van der Waals surface area contributed by atoms with Crippen LogP contribution in [0.15, 0.2) is 0 Å². The van der Waals surface area contributed by atoms with Crippen molar-refractivity contribution in [2.75, 3.05) is 0 Å². The Morgan fingerprint density at radius 3 is 2.31 bits per heavy atom. The summed E-state index contributed by atoms with van der Waals surface area (Å²) in [5, 5.41) is 0. The van der Waals surface area contributed by atoms with E-state index in [0.29, 0.717) is 30.1 Å². The highest BCUT2D eigenvalue weighted by atomic mass is 16.5. The second kappa shape index (κ2) is 5.03. The molecule has 5 atom stereocenters. The lowest BCUT2D eigenvalue weighted by atomic mass is 9.74. The van der Waals surface area contributed by atoms with Gasteiger partial charge in [-0.3, -0.25) is 11.3 Å². The summed E-state index contributed by atoms with van der Waals surface area (Å²) in [4.78, 5) is 0. The Bertz CT molecular complexity index is 230. The molecular weight excluding hydrogens is 200 g/mol. The molecule has 1 aliphatic heterocycles. The van der Waals surface area contributed by atoms with E-state index < -0.39 is 0 Å². The molecule has 0 spiro atoms. The van der Waals surface area contributed by atoms with Gasteiger partial charge < -0.3 is 4.74 Å². The Morgan fingerprint density at radius 2 is 1.94 bits per heavy atom. The van der Waals surface area contributed by atoms with E-state index in [2.05, 4.69) is 26.2 Å². The highest BCUT2D eigenvalue weighted by Crippen LogP contribution is 2.39. The van der Waals surface area contributed by atoms with Crippen LogP contribution >= 0.6 is 0 Å². The molecule has 1 heterocycles. The Balaban J connectivity index is 1.96. The van der Waals surface area contributed by atoms with Crippen LogP contribution in [0.3, 0.4) is 0 Å². The van der Waals surface area contributed by atoms with Crippen LogP contribution in [0.4, 0.5) is 0 Å². The topological polar surface area (TPSA) is 47.3 Å². The van der Waals surface area contributed by atoms with Crippen molar-refractivity contribution in [3.8, 4) is 0 Å². The van der Waals surface area contributed by atoms with Crippen LogP contribution in [0.25, 0.3) is 0 Å². The van der Waals surface area contributed by atoms with Crippen LogP contribution < -0.4 is 11.3 Å². The maximum absolute atomic E-state index is 5.91. The molecule has 5 unspecified atom stereocenters. The van der Waals surface area contributed by atoms with Gasteiger partial charge in [-0.15, -0.1) is 0 Å². The molecule has 0 aromatic carbocycles. The van der Waals surface area contributed by atoms with Gasteiger partial charge in [0.05, 0.1) is 12.2 Å². The van der Waals surface area contributed by atoms with Crippen LogP contribution in [0, 0.1) is 17.8 Å². The molecule has 0 aromatic rings. The molecule has 0 bridgehead atoms. The number of rotatable bonds is 4. The largest absolute Gasteiger partial charge is 0.375 e. The van der Waals surface area contributed by atoms with E-state index >= 15 is 0 Å². The smallest absolute Gasteiger partial charge is 0.0597 e. The average molecular weight is 226 g/mol. The third-order valence-corrected chi connectivity index (χ3v) is 4.81. The first-order valence-electron chi connectivity index (χ1n) is 6.75. The third-order valence-electron chi connectivity index (χ3n) is 4.81. The summed E-state index contributed by atoms with van der Waals surface area (Å²) in [5.74, 6) is 7.82. The molecule has 3 N–H and O–H groups in total. The fraction of sp³-hybridized carbons (Fsp3) is 1.00. The third kappa shape index (κ3) is 2.27. The van der Waals surface area contributed by atoms with Gasteiger partial charge in [0.25, 0.3) is 0 Å². The monoisotopic (exact) mass is 226 g/mol. The molecule has 94 valence electrons. The first-order valence-corrected chi connectivity index (χ1v) is 6.75. The minimum absolute atomic E-state index is 0.339. The Hall–Kier alpha value is -0.120. The molecule has 2 rings (SSSR count). The van der Waals surface area contributed by atoms with Crippen LogP contribution in [-0.2, 0) is 4.74 Å². The maximum atomic E-state index is 5.91. The predicted octanol–water partition coefficient (Wildman–Crippen LogP) is 2.07. The molecule has 16 heavy (non-hydrogen) atoms. The first kappa shape index (κ1) is 12.3. The number of nitrogens with two attached hydrogens (primary N) is 1. The van der Waals surface area contributed by atoms with Gasteiger partial charge >= 0.3 is 0 Å². The zero-order valence-electron chi connectivity index (χ0n) is 10.8. The first-order chi connectivity index (χ1) is 7.63. The minimum Gasteiger partial charge on any atom is -0.375 e. The van der Waals surface area contributed by atoms with E-state index in [1.807, 2.05) is 0 Å². The van der Waals surface area contributed by atoms with Gasteiger partial charge in [0.1, 0.15) is 0 Å². The lowest BCUT2D eigenvalue weighted by Gasteiger charge is -2.34. The summed E-state index contributed by atoms with van der Waals surface area (Å²) in [7, 11) is 0. The molecule has 1 saturated carbocycles. The highest BCUT2D eigenvalue weighted by Gasteiger charge is 2.42. The van der Waals surface area contributed by atoms with Crippen molar-refractivity contribution < 1.29 is 4.74 Å². The standard InChI is InChI=1S/C13H26N2O/c1-8-9(2)16-10(3)13(8)12(15-14)7-11-5-4-6-11/h8-13,15H,4-7,14H2,1-3H3. The minimum atomic E-state index is 0.339. The summed E-state index contributed by atoms with van der Waals surface area (Å²) < 4.78 is 5.91. The van der Waals surface area contributed by atoms with Crippen molar-refractivity contribution in [3.05, 3.63) is 0 Å². The van der Waals surface area contributed by atoms with Crippen LogP contribution in [0.1, 0.15) is 46.5 Å². The number of hydrogen-bond acceptors (Lipinski definition) is 3. The summed E-state index contributed by atoms with van der Waals surface area (Å²) in [6.07, 6.45) is 6.13. The molecule has 3 heteroatoms. The number of hydrazine groups is 1. The molecule has 0 amide bonds. The van der Waals surface area contributed by atoms with Gasteiger partial charge in [0.15, 0.2) is 0 Å². The van der Waals surface area contributed by atoms with Crippen molar-refractivity contribution in [1.82, 2.24) is 5.43 Å². The zero-order chi connectivity index (χ0) is 11.7. The summed E-state index contributed by atoms with van der Waals surface area (Å²) in [5.41, 5.74) is 3.04. The zero-order valence-corrected chi connectivity index (χ0v) is 10.8.